The van der Waals surface area contributed by atoms with Crippen molar-refractivity contribution in [1.29, 1.82) is 0 Å². The maximum Gasteiger partial charge on any atom is 0.137 e. The zero-order valence-electron chi connectivity index (χ0n) is 9.06. The Kier molecular flexibility index (Phi) is 5.02. The summed E-state index contributed by atoms with van der Waals surface area (Å²) >= 11 is 5.85. The first kappa shape index (κ1) is 13.3. The van der Waals surface area contributed by atoms with Crippen LogP contribution in [0.25, 0.3) is 0 Å². The molecule has 0 aromatic heterocycles. The maximum absolute atomic E-state index is 9.83. The fraction of sp³-hybridized carbons (Fsp3) is 0.455. The predicted molar refractivity (Wildman–Crippen MR) is 62.6 cm³/mol. The van der Waals surface area contributed by atoms with E-state index in [4.69, 9.17) is 22.1 Å². The fourth-order valence-corrected chi connectivity index (χ4v) is 1.61. The molecule has 1 aromatic carbocycles. The molecule has 0 aliphatic heterocycles. The van der Waals surface area contributed by atoms with Gasteiger partial charge >= 0.3 is 0 Å². The molecule has 0 spiro atoms. The van der Waals surface area contributed by atoms with E-state index in [1.54, 1.807) is 18.2 Å². The summed E-state index contributed by atoms with van der Waals surface area (Å²) in [5.41, 5.74) is 5.87. The summed E-state index contributed by atoms with van der Waals surface area (Å²) in [5, 5.41) is 19.9. The number of aliphatic hydroxyl groups excluding tert-OH is 2. The van der Waals surface area contributed by atoms with Gasteiger partial charge in [0.15, 0.2) is 0 Å². The van der Waals surface area contributed by atoms with Gasteiger partial charge in [-0.25, -0.2) is 0 Å². The molecule has 1 aromatic rings. The Morgan fingerprint density at radius 2 is 2.12 bits per heavy atom. The molecule has 2 atom stereocenters. The zero-order valence-corrected chi connectivity index (χ0v) is 9.81. The average Bonchev–Trinajstić information content (AvgIpc) is 2.29. The van der Waals surface area contributed by atoms with Crippen LogP contribution in [0.4, 0.5) is 0 Å². The second kappa shape index (κ2) is 6.06. The largest absolute Gasteiger partial charge is 0.495 e. The van der Waals surface area contributed by atoms with Crippen molar-refractivity contribution in [2.75, 3.05) is 13.7 Å². The quantitative estimate of drug-likeness (QED) is 0.726. The number of rotatable bonds is 5. The molecule has 2 unspecified atom stereocenters. The van der Waals surface area contributed by atoms with Gasteiger partial charge in [0, 0.05) is 0 Å². The molecule has 0 saturated carbocycles. The first-order valence-electron chi connectivity index (χ1n) is 4.99. The van der Waals surface area contributed by atoms with E-state index in [-0.39, 0.29) is 0 Å². The van der Waals surface area contributed by atoms with E-state index in [0.29, 0.717) is 29.3 Å². The topological polar surface area (TPSA) is 75.7 Å². The highest BCUT2D eigenvalue weighted by atomic mass is 35.5. The van der Waals surface area contributed by atoms with Gasteiger partial charge in [0.05, 0.1) is 18.2 Å². The first-order chi connectivity index (χ1) is 7.60. The van der Waals surface area contributed by atoms with Crippen molar-refractivity contribution in [3.63, 3.8) is 0 Å². The highest BCUT2D eigenvalue weighted by molar-refractivity contribution is 6.32. The number of hydrogen-bond donors (Lipinski definition) is 3. The molecule has 5 heteroatoms. The summed E-state index contributed by atoms with van der Waals surface area (Å²) in [4.78, 5) is 0. The SMILES string of the molecule is COc1cc(C(O)C(O)CCN)ccc1Cl. The van der Waals surface area contributed by atoms with E-state index < -0.39 is 12.2 Å². The number of halogens is 1. The second-order valence-corrected chi connectivity index (χ2v) is 3.89. The molecule has 4 nitrogen and oxygen atoms in total. The van der Waals surface area contributed by atoms with E-state index in [0.717, 1.165) is 0 Å². The molecule has 1 rings (SSSR count). The fourth-order valence-electron chi connectivity index (χ4n) is 1.41. The maximum atomic E-state index is 9.83. The Morgan fingerprint density at radius 1 is 1.44 bits per heavy atom. The molecule has 0 aliphatic rings. The third kappa shape index (κ3) is 3.09. The third-order valence-corrected chi connectivity index (χ3v) is 2.66. The van der Waals surface area contributed by atoms with Crippen LogP contribution in [0.15, 0.2) is 18.2 Å². The van der Waals surface area contributed by atoms with Crippen LogP contribution in [-0.2, 0) is 0 Å². The summed E-state index contributed by atoms with van der Waals surface area (Å²) in [7, 11) is 1.49. The van der Waals surface area contributed by atoms with Crippen molar-refractivity contribution in [1.82, 2.24) is 0 Å². The summed E-state index contributed by atoms with van der Waals surface area (Å²) < 4.78 is 5.03. The van der Waals surface area contributed by atoms with Gasteiger partial charge in [-0.1, -0.05) is 17.7 Å². The lowest BCUT2D eigenvalue weighted by atomic mass is 10.0. The van der Waals surface area contributed by atoms with Crippen LogP contribution in [0.5, 0.6) is 5.75 Å². The van der Waals surface area contributed by atoms with E-state index >= 15 is 0 Å². The molecule has 0 bridgehead atoms. The van der Waals surface area contributed by atoms with Crippen molar-refractivity contribution in [3.05, 3.63) is 28.8 Å². The second-order valence-electron chi connectivity index (χ2n) is 3.48. The Morgan fingerprint density at radius 3 is 2.69 bits per heavy atom. The van der Waals surface area contributed by atoms with Crippen LogP contribution in [0.1, 0.15) is 18.1 Å². The average molecular weight is 246 g/mol. The van der Waals surface area contributed by atoms with Crippen LogP contribution in [0.2, 0.25) is 5.02 Å². The Labute approximate surface area is 99.6 Å². The lowest BCUT2D eigenvalue weighted by molar-refractivity contribution is 0.0149. The standard InChI is InChI=1S/C11H16ClNO3/c1-16-10-6-7(2-3-8(10)12)11(15)9(14)4-5-13/h2-3,6,9,11,14-15H,4-5,13H2,1H3. The van der Waals surface area contributed by atoms with Crippen LogP contribution in [0.3, 0.4) is 0 Å². The third-order valence-electron chi connectivity index (χ3n) is 2.34. The zero-order chi connectivity index (χ0) is 12.1. The van der Waals surface area contributed by atoms with Gasteiger partial charge in [-0.2, -0.15) is 0 Å². The highest BCUT2D eigenvalue weighted by Crippen LogP contribution is 2.29. The first-order valence-corrected chi connectivity index (χ1v) is 5.37. The summed E-state index contributed by atoms with van der Waals surface area (Å²) in [5.74, 6) is 0.471. The Hall–Kier alpha value is -0.810. The number of ether oxygens (including phenoxy) is 1. The molecule has 90 valence electrons. The molecular formula is C11H16ClNO3. The predicted octanol–water partition coefficient (Wildman–Crippen LogP) is 1.09. The molecule has 0 heterocycles. The number of hydrogen-bond acceptors (Lipinski definition) is 4. The minimum Gasteiger partial charge on any atom is -0.495 e. The number of nitrogens with two attached hydrogens (primary N) is 1. The van der Waals surface area contributed by atoms with E-state index in [1.807, 2.05) is 0 Å². The highest BCUT2D eigenvalue weighted by Gasteiger charge is 2.18. The lowest BCUT2D eigenvalue weighted by Gasteiger charge is -2.18. The van der Waals surface area contributed by atoms with E-state index in [2.05, 4.69) is 0 Å². The molecule has 4 N–H and O–H groups in total. The number of benzene rings is 1. The van der Waals surface area contributed by atoms with E-state index in [1.165, 1.54) is 7.11 Å². The molecule has 0 saturated heterocycles. The molecule has 0 fully saturated rings. The molecule has 0 radical (unpaired) electrons. The molecule has 0 amide bonds. The Balaban J connectivity index is 2.87. The summed E-state index contributed by atoms with van der Waals surface area (Å²) in [6.45, 7) is 0.322. The minimum atomic E-state index is -0.977. The van der Waals surface area contributed by atoms with Crippen molar-refractivity contribution in [2.24, 2.45) is 5.73 Å². The number of methoxy groups -OCH3 is 1. The van der Waals surface area contributed by atoms with Crippen molar-refractivity contribution in [2.45, 2.75) is 18.6 Å². The van der Waals surface area contributed by atoms with Gasteiger partial charge in [0.1, 0.15) is 11.9 Å². The summed E-state index contributed by atoms with van der Waals surface area (Å²) in [6.07, 6.45) is -1.52. The smallest absolute Gasteiger partial charge is 0.137 e. The molecule has 16 heavy (non-hydrogen) atoms. The van der Waals surface area contributed by atoms with Crippen LogP contribution in [0, 0.1) is 0 Å². The molecule has 0 aliphatic carbocycles. The van der Waals surface area contributed by atoms with Gasteiger partial charge in [0.25, 0.3) is 0 Å². The minimum absolute atomic E-state index is 0.322. The van der Waals surface area contributed by atoms with Gasteiger partial charge < -0.3 is 20.7 Å². The van der Waals surface area contributed by atoms with Gasteiger partial charge in [-0.3, -0.25) is 0 Å². The number of aliphatic hydroxyl groups is 2. The van der Waals surface area contributed by atoms with Gasteiger partial charge in [-0.05, 0) is 30.7 Å². The van der Waals surface area contributed by atoms with Gasteiger partial charge in [0.2, 0.25) is 0 Å². The Bertz CT molecular complexity index is 346. The summed E-state index contributed by atoms with van der Waals surface area (Å²) in [6, 6.07) is 4.87. The van der Waals surface area contributed by atoms with Crippen molar-refractivity contribution >= 4 is 11.6 Å². The van der Waals surface area contributed by atoms with Crippen LogP contribution in [-0.4, -0.2) is 30.0 Å². The van der Waals surface area contributed by atoms with Crippen LogP contribution < -0.4 is 10.5 Å². The van der Waals surface area contributed by atoms with Crippen LogP contribution >= 0.6 is 11.6 Å². The van der Waals surface area contributed by atoms with Crippen molar-refractivity contribution in [3.8, 4) is 5.75 Å². The monoisotopic (exact) mass is 245 g/mol. The lowest BCUT2D eigenvalue weighted by Crippen LogP contribution is -2.21. The normalized spacial score (nSPS) is 14.6. The van der Waals surface area contributed by atoms with Crippen molar-refractivity contribution < 1.29 is 14.9 Å². The van der Waals surface area contributed by atoms with E-state index in [9.17, 15) is 10.2 Å². The molecular weight excluding hydrogens is 230 g/mol. The van der Waals surface area contributed by atoms with Gasteiger partial charge in [-0.15, -0.1) is 0 Å².